The van der Waals surface area contributed by atoms with Gasteiger partial charge in [-0.25, -0.2) is 0 Å². The van der Waals surface area contributed by atoms with Gasteiger partial charge in [0.25, 0.3) is 0 Å². The third-order valence-electron chi connectivity index (χ3n) is 4.65. The van der Waals surface area contributed by atoms with Crippen molar-refractivity contribution in [3.63, 3.8) is 0 Å². The maximum absolute atomic E-state index is 12.8. The number of rotatable bonds is 4. The highest BCUT2D eigenvalue weighted by Crippen LogP contribution is 2.54. The molecule has 0 aliphatic heterocycles. The van der Waals surface area contributed by atoms with E-state index in [0.717, 1.165) is 5.56 Å². The molecule has 3 atom stereocenters. The third kappa shape index (κ3) is 1.96. The molecule has 1 aromatic carbocycles. The van der Waals surface area contributed by atoms with Gasteiger partial charge in [0.15, 0.2) is 11.5 Å². The lowest BCUT2D eigenvalue weighted by Gasteiger charge is -2.27. The molecule has 0 N–H and O–H groups in total. The lowest BCUT2D eigenvalue weighted by atomic mass is 9.76. The standard InChI is InChI=1S/C18H18O3/c1-3-9-18-10-13(12-7-5-4-6-8-12)15(17(18)20)16(19)14(11-18)21-2/h3-8,11,13,15H,1,9-10H2,2H3/t13-,15-,18+/m0/s1. The quantitative estimate of drug-likeness (QED) is 0.630. The van der Waals surface area contributed by atoms with Crippen molar-refractivity contribution in [2.45, 2.75) is 18.8 Å². The molecule has 0 amide bonds. The summed E-state index contributed by atoms with van der Waals surface area (Å²) in [6.45, 7) is 3.76. The largest absolute Gasteiger partial charge is 0.493 e. The molecule has 1 fully saturated rings. The van der Waals surface area contributed by atoms with E-state index in [2.05, 4.69) is 6.58 Å². The van der Waals surface area contributed by atoms with Crippen molar-refractivity contribution in [1.82, 2.24) is 0 Å². The molecular weight excluding hydrogens is 264 g/mol. The molecule has 3 rings (SSSR count). The van der Waals surface area contributed by atoms with Gasteiger partial charge < -0.3 is 4.74 Å². The zero-order valence-corrected chi connectivity index (χ0v) is 12.0. The van der Waals surface area contributed by atoms with E-state index in [1.54, 1.807) is 12.2 Å². The van der Waals surface area contributed by atoms with Crippen LogP contribution in [0.1, 0.15) is 24.3 Å². The average molecular weight is 282 g/mol. The highest BCUT2D eigenvalue weighted by Gasteiger charge is 2.58. The molecular formula is C18H18O3. The minimum absolute atomic E-state index is 0.0158. The zero-order valence-electron chi connectivity index (χ0n) is 12.0. The Balaban J connectivity index is 2.10. The van der Waals surface area contributed by atoms with Gasteiger partial charge >= 0.3 is 0 Å². The second-order valence-electron chi connectivity index (χ2n) is 5.79. The average Bonchev–Trinajstić information content (AvgIpc) is 2.70. The first-order valence-corrected chi connectivity index (χ1v) is 7.14. The predicted octanol–water partition coefficient (Wildman–Crippen LogP) is 3.03. The molecule has 3 nitrogen and oxygen atoms in total. The highest BCUT2D eigenvalue weighted by molar-refractivity contribution is 6.17. The minimum Gasteiger partial charge on any atom is -0.493 e. The molecule has 2 aliphatic carbocycles. The molecule has 2 bridgehead atoms. The van der Waals surface area contributed by atoms with E-state index in [4.69, 9.17) is 4.74 Å². The van der Waals surface area contributed by atoms with Gasteiger partial charge in [0, 0.05) is 5.92 Å². The van der Waals surface area contributed by atoms with Gasteiger partial charge in [-0.05, 0) is 24.5 Å². The number of fused-ring (bicyclic) bond motifs is 2. The van der Waals surface area contributed by atoms with Crippen molar-refractivity contribution in [1.29, 1.82) is 0 Å². The van der Waals surface area contributed by atoms with Crippen LogP contribution in [0, 0.1) is 11.3 Å². The molecule has 21 heavy (non-hydrogen) atoms. The number of hydrogen-bond donors (Lipinski definition) is 0. The van der Waals surface area contributed by atoms with Crippen LogP contribution in [0.5, 0.6) is 0 Å². The molecule has 3 heteroatoms. The summed E-state index contributed by atoms with van der Waals surface area (Å²) in [4.78, 5) is 25.3. The molecule has 0 aromatic heterocycles. The van der Waals surface area contributed by atoms with Crippen LogP contribution >= 0.6 is 0 Å². The third-order valence-corrected chi connectivity index (χ3v) is 4.65. The highest BCUT2D eigenvalue weighted by atomic mass is 16.5. The predicted molar refractivity (Wildman–Crippen MR) is 79.6 cm³/mol. The Morgan fingerprint density at radius 3 is 2.67 bits per heavy atom. The topological polar surface area (TPSA) is 43.4 Å². The van der Waals surface area contributed by atoms with Crippen LogP contribution in [0.15, 0.2) is 54.8 Å². The number of carbonyl (C=O) groups excluding carboxylic acids is 2. The van der Waals surface area contributed by atoms with E-state index < -0.39 is 11.3 Å². The number of carbonyl (C=O) groups is 2. The Labute approximate surface area is 124 Å². The van der Waals surface area contributed by atoms with Gasteiger partial charge in [0.05, 0.1) is 18.4 Å². The maximum atomic E-state index is 12.8. The number of ketones is 2. The summed E-state index contributed by atoms with van der Waals surface area (Å²) in [6.07, 6.45) is 4.66. The summed E-state index contributed by atoms with van der Waals surface area (Å²) < 4.78 is 5.21. The monoisotopic (exact) mass is 282 g/mol. The van der Waals surface area contributed by atoms with Crippen molar-refractivity contribution in [2.75, 3.05) is 7.11 Å². The second kappa shape index (κ2) is 4.99. The molecule has 0 spiro atoms. The zero-order chi connectivity index (χ0) is 15.0. The second-order valence-corrected chi connectivity index (χ2v) is 5.79. The smallest absolute Gasteiger partial charge is 0.208 e. The van der Waals surface area contributed by atoms with E-state index in [9.17, 15) is 9.59 Å². The van der Waals surface area contributed by atoms with Crippen molar-refractivity contribution >= 4 is 11.6 Å². The van der Waals surface area contributed by atoms with Crippen molar-refractivity contribution in [3.05, 3.63) is 60.4 Å². The number of allylic oxidation sites excluding steroid dienone is 3. The Bertz CT molecular complexity index is 629. The molecule has 0 saturated heterocycles. The van der Waals surface area contributed by atoms with Crippen LogP contribution in [-0.2, 0) is 14.3 Å². The Morgan fingerprint density at radius 1 is 1.33 bits per heavy atom. The van der Waals surface area contributed by atoms with Crippen molar-refractivity contribution in [3.8, 4) is 0 Å². The van der Waals surface area contributed by atoms with Crippen LogP contribution in [-0.4, -0.2) is 18.7 Å². The van der Waals surface area contributed by atoms with Crippen LogP contribution < -0.4 is 0 Å². The summed E-state index contributed by atoms with van der Waals surface area (Å²) in [6, 6.07) is 9.79. The van der Waals surface area contributed by atoms with Gasteiger partial charge in [-0.3, -0.25) is 9.59 Å². The van der Waals surface area contributed by atoms with Gasteiger partial charge in [-0.1, -0.05) is 36.4 Å². The minimum atomic E-state index is -0.633. The number of Topliss-reactive ketones (excluding diaryl/α,β-unsaturated/α-hetero) is 2. The Kier molecular flexibility index (Phi) is 3.28. The number of hydrogen-bond acceptors (Lipinski definition) is 3. The fourth-order valence-electron chi connectivity index (χ4n) is 3.68. The van der Waals surface area contributed by atoms with Crippen molar-refractivity contribution < 1.29 is 14.3 Å². The molecule has 0 unspecified atom stereocenters. The van der Waals surface area contributed by atoms with Crippen LogP contribution in [0.2, 0.25) is 0 Å². The van der Waals surface area contributed by atoms with Crippen LogP contribution in [0.25, 0.3) is 0 Å². The molecule has 1 saturated carbocycles. The number of benzene rings is 1. The molecule has 0 radical (unpaired) electrons. The summed E-state index contributed by atoms with van der Waals surface area (Å²) in [5.41, 5.74) is 0.410. The maximum Gasteiger partial charge on any atom is 0.208 e. The van der Waals surface area contributed by atoms with Gasteiger partial charge in [-0.2, -0.15) is 0 Å². The van der Waals surface area contributed by atoms with Gasteiger partial charge in [0.1, 0.15) is 0 Å². The van der Waals surface area contributed by atoms with E-state index in [0.29, 0.717) is 18.6 Å². The molecule has 1 aromatic rings. The summed E-state index contributed by atoms with van der Waals surface area (Å²) >= 11 is 0. The first kappa shape index (κ1) is 13.8. The Hall–Kier alpha value is -2.16. The number of ether oxygens (including phenoxy) is 1. The fraction of sp³-hybridized carbons (Fsp3) is 0.333. The summed E-state index contributed by atoms with van der Waals surface area (Å²) in [7, 11) is 1.48. The van der Waals surface area contributed by atoms with E-state index in [1.807, 2.05) is 30.3 Å². The molecule has 2 aliphatic rings. The SMILES string of the molecule is C=CC[C@@]12C=C(OC)C(=O)[C@@H](C1=O)[C@H](c1ccccc1)C2. The lowest BCUT2D eigenvalue weighted by Crippen LogP contribution is -2.36. The van der Waals surface area contributed by atoms with E-state index in [-0.39, 0.29) is 17.5 Å². The Morgan fingerprint density at radius 2 is 2.05 bits per heavy atom. The summed E-state index contributed by atoms with van der Waals surface area (Å²) in [5.74, 6) is -0.544. The van der Waals surface area contributed by atoms with Crippen LogP contribution in [0.3, 0.4) is 0 Å². The van der Waals surface area contributed by atoms with E-state index >= 15 is 0 Å². The molecule has 108 valence electrons. The molecule has 0 heterocycles. The summed E-state index contributed by atoms with van der Waals surface area (Å²) in [5, 5.41) is 0. The first-order chi connectivity index (χ1) is 10.1. The fourth-order valence-corrected chi connectivity index (χ4v) is 3.68. The van der Waals surface area contributed by atoms with Crippen LogP contribution in [0.4, 0.5) is 0 Å². The lowest BCUT2D eigenvalue weighted by molar-refractivity contribution is -0.135. The number of methoxy groups -OCH3 is 1. The van der Waals surface area contributed by atoms with E-state index in [1.165, 1.54) is 7.11 Å². The first-order valence-electron chi connectivity index (χ1n) is 7.14. The van der Waals surface area contributed by atoms with Gasteiger partial charge in [0.2, 0.25) is 5.78 Å². The van der Waals surface area contributed by atoms with Gasteiger partial charge in [-0.15, -0.1) is 6.58 Å². The normalized spacial score (nSPS) is 31.0. The van der Waals surface area contributed by atoms with Crippen molar-refractivity contribution in [2.24, 2.45) is 11.3 Å².